The van der Waals surface area contributed by atoms with Crippen LogP contribution in [0.5, 0.6) is 0 Å². The van der Waals surface area contributed by atoms with E-state index in [0.717, 1.165) is 55.1 Å². The molecule has 0 radical (unpaired) electrons. The summed E-state index contributed by atoms with van der Waals surface area (Å²) in [4.78, 5) is 33.4. The fourth-order valence-corrected chi connectivity index (χ4v) is 5.04. The van der Waals surface area contributed by atoms with Crippen LogP contribution in [-0.4, -0.2) is 59.2 Å². The van der Waals surface area contributed by atoms with Crippen LogP contribution < -0.4 is 0 Å². The van der Waals surface area contributed by atoms with Gasteiger partial charge in [0, 0.05) is 43.2 Å². The highest BCUT2D eigenvalue weighted by Gasteiger charge is 2.36. The highest BCUT2D eigenvalue weighted by molar-refractivity contribution is 7.10. The van der Waals surface area contributed by atoms with Crippen molar-refractivity contribution in [2.24, 2.45) is 0 Å². The SMILES string of the molecule is CCCN1CCN(C(=O)CC(c2cccs2)N2Cc3ccccc3C2=O)CC1. The van der Waals surface area contributed by atoms with Crippen LogP contribution in [0.4, 0.5) is 0 Å². The topological polar surface area (TPSA) is 43.9 Å². The number of carbonyl (C=O) groups excluding carboxylic acids is 2. The first kappa shape index (κ1) is 19.2. The Morgan fingerprint density at radius 2 is 1.89 bits per heavy atom. The minimum Gasteiger partial charge on any atom is -0.340 e. The van der Waals surface area contributed by atoms with Crippen LogP contribution in [-0.2, 0) is 11.3 Å². The molecule has 6 heteroatoms. The third-order valence-electron chi connectivity index (χ3n) is 5.73. The molecule has 0 spiro atoms. The zero-order valence-electron chi connectivity index (χ0n) is 16.3. The van der Waals surface area contributed by atoms with Crippen LogP contribution in [0.2, 0.25) is 0 Å². The highest BCUT2D eigenvalue weighted by atomic mass is 32.1. The van der Waals surface area contributed by atoms with Gasteiger partial charge >= 0.3 is 0 Å². The number of carbonyl (C=O) groups is 2. The Kier molecular flexibility index (Phi) is 5.78. The lowest BCUT2D eigenvalue weighted by atomic mass is 10.1. The number of amides is 2. The van der Waals surface area contributed by atoms with Gasteiger partial charge in [-0.3, -0.25) is 14.5 Å². The largest absolute Gasteiger partial charge is 0.340 e. The third-order valence-corrected chi connectivity index (χ3v) is 6.70. The highest BCUT2D eigenvalue weighted by Crippen LogP contribution is 2.35. The van der Waals surface area contributed by atoms with Crippen molar-refractivity contribution in [3.05, 3.63) is 57.8 Å². The number of benzene rings is 1. The molecule has 2 aliphatic heterocycles. The zero-order valence-corrected chi connectivity index (χ0v) is 17.2. The van der Waals surface area contributed by atoms with Gasteiger partial charge in [0.2, 0.25) is 5.91 Å². The van der Waals surface area contributed by atoms with Crippen LogP contribution in [0, 0.1) is 0 Å². The Morgan fingerprint density at radius 1 is 1.11 bits per heavy atom. The molecule has 1 atom stereocenters. The summed E-state index contributed by atoms with van der Waals surface area (Å²) >= 11 is 1.62. The third kappa shape index (κ3) is 3.84. The lowest BCUT2D eigenvalue weighted by molar-refractivity contribution is -0.134. The molecular weight excluding hydrogens is 370 g/mol. The normalized spacial score (nSPS) is 18.4. The average Bonchev–Trinajstić information content (AvgIpc) is 3.36. The molecule has 148 valence electrons. The minimum atomic E-state index is -0.193. The lowest BCUT2D eigenvalue weighted by Gasteiger charge is -2.36. The van der Waals surface area contributed by atoms with Gasteiger partial charge in [0.1, 0.15) is 0 Å². The van der Waals surface area contributed by atoms with E-state index in [4.69, 9.17) is 0 Å². The standard InChI is InChI=1S/C22H27N3O2S/c1-2-9-23-10-12-24(13-11-23)21(26)15-19(20-8-5-14-28-20)25-16-17-6-3-4-7-18(17)22(25)27/h3-8,14,19H,2,9-13,15-16H2,1H3. The lowest BCUT2D eigenvalue weighted by Crippen LogP contribution is -2.49. The molecule has 0 aliphatic carbocycles. The Morgan fingerprint density at radius 3 is 2.57 bits per heavy atom. The van der Waals surface area contributed by atoms with Crippen LogP contribution in [0.15, 0.2) is 41.8 Å². The van der Waals surface area contributed by atoms with Crippen LogP contribution in [0.25, 0.3) is 0 Å². The van der Waals surface area contributed by atoms with Gasteiger partial charge in [-0.2, -0.15) is 0 Å². The number of hydrogen-bond donors (Lipinski definition) is 0. The van der Waals surface area contributed by atoms with Crippen molar-refractivity contribution in [3.63, 3.8) is 0 Å². The fourth-order valence-electron chi connectivity index (χ4n) is 4.21. The maximum Gasteiger partial charge on any atom is 0.255 e. The fraction of sp³-hybridized carbons (Fsp3) is 0.455. The summed E-state index contributed by atoms with van der Waals surface area (Å²) in [6, 6.07) is 11.6. The number of fused-ring (bicyclic) bond motifs is 1. The van der Waals surface area contributed by atoms with E-state index < -0.39 is 0 Å². The molecule has 2 aliphatic rings. The molecule has 2 aromatic rings. The maximum atomic E-state index is 13.1. The summed E-state index contributed by atoms with van der Waals surface area (Å²) < 4.78 is 0. The van der Waals surface area contributed by atoms with Crippen LogP contribution >= 0.6 is 11.3 Å². The van der Waals surface area contributed by atoms with Crippen LogP contribution in [0.3, 0.4) is 0 Å². The number of thiophene rings is 1. The van der Waals surface area contributed by atoms with Crippen molar-refractivity contribution in [1.82, 2.24) is 14.7 Å². The first-order valence-electron chi connectivity index (χ1n) is 10.1. The molecule has 5 nitrogen and oxygen atoms in total. The quantitative estimate of drug-likeness (QED) is 0.751. The number of nitrogens with zero attached hydrogens (tertiary/aromatic N) is 3. The Balaban J connectivity index is 1.48. The van der Waals surface area contributed by atoms with Gasteiger partial charge in [0.15, 0.2) is 0 Å². The van der Waals surface area contributed by atoms with E-state index in [0.29, 0.717) is 13.0 Å². The first-order chi connectivity index (χ1) is 13.7. The molecule has 1 saturated heterocycles. The molecule has 2 amide bonds. The van der Waals surface area contributed by atoms with Crippen molar-refractivity contribution in [2.45, 2.75) is 32.4 Å². The molecular formula is C22H27N3O2S. The second-order valence-electron chi connectivity index (χ2n) is 7.55. The summed E-state index contributed by atoms with van der Waals surface area (Å²) in [5.41, 5.74) is 1.82. The summed E-state index contributed by atoms with van der Waals surface area (Å²) in [5, 5.41) is 2.02. The Bertz CT molecular complexity index is 828. The summed E-state index contributed by atoms with van der Waals surface area (Å²) in [6.45, 7) is 7.31. The van der Waals surface area contributed by atoms with E-state index in [1.807, 2.05) is 51.6 Å². The van der Waals surface area contributed by atoms with Gasteiger partial charge < -0.3 is 9.80 Å². The summed E-state index contributed by atoms with van der Waals surface area (Å²) in [7, 11) is 0. The first-order valence-corrected chi connectivity index (χ1v) is 11.0. The molecule has 0 saturated carbocycles. The van der Waals surface area contributed by atoms with Gasteiger partial charge in [0.25, 0.3) is 5.91 Å². The van der Waals surface area contributed by atoms with Gasteiger partial charge in [-0.05, 0) is 36.0 Å². The number of hydrogen-bond acceptors (Lipinski definition) is 4. The van der Waals surface area contributed by atoms with E-state index in [2.05, 4.69) is 11.8 Å². The van der Waals surface area contributed by atoms with Gasteiger partial charge in [-0.15, -0.1) is 11.3 Å². The molecule has 3 heterocycles. The molecule has 1 aromatic heterocycles. The summed E-state index contributed by atoms with van der Waals surface area (Å²) in [5.74, 6) is 0.188. The van der Waals surface area contributed by atoms with E-state index in [-0.39, 0.29) is 17.9 Å². The average molecular weight is 398 g/mol. The van der Waals surface area contributed by atoms with Gasteiger partial charge in [-0.25, -0.2) is 0 Å². The Labute approximate surface area is 170 Å². The predicted molar refractivity (Wildman–Crippen MR) is 111 cm³/mol. The van der Waals surface area contributed by atoms with Crippen molar-refractivity contribution in [1.29, 1.82) is 0 Å². The van der Waals surface area contributed by atoms with E-state index in [9.17, 15) is 9.59 Å². The van der Waals surface area contributed by atoms with Crippen LogP contribution in [0.1, 0.15) is 46.6 Å². The smallest absolute Gasteiger partial charge is 0.255 e. The van der Waals surface area contributed by atoms with E-state index in [1.54, 1.807) is 11.3 Å². The van der Waals surface area contributed by atoms with E-state index >= 15 is 0 Å². The molecule has 0 N–H and O–H groups in total. The number of piperazine rings is 1. The maximum absolute atomic E-state index is 13.1. The van der Waals surface area contributed by atoms with Crippen molar-refractivity contribution in [2.75, 3.05) is 32.7 Å². The minimum absolute atomic E-state index is 0.0366. The van der Waals surface area contributed by atoms with E-state index in [1.165, 1.54) is 0 Å². The summed E-state index contributed by atoms with van der Waals surface area (Å²) in [6.07, 6.45) is 1.50. The number of rotatable bonds is 6. The van der Waals surface area contributed by atoms with Gasteiger partial charge in [0.05, 0.1) is 12.5 Å². The monoisotopic (exact) mass is 397 g/mol. The molecule has 28 heavy (non-hydrogen) atoms. The Hall–Kier alpha value is -2.18. The molecule has 1 unspecified atom stereocenters. The molecule has 1 aromatic carbocycles. The second-order valence-corrected chi connectivity index (χ2v) is 8.53. The van der Waals surface area contributed by atoms with Crippen molar-refractivity contribution in [3.8, 4) is 0 Å². The molecule has 4 rings (SSSR count). The molecule has 1 fully saturated rings. The zero-order chi connectivity index (χ0) is 19.5. The second kappa shape index (κ2) is 8.45. The van der Waals surface area contributed by atoms with Crippen molar-refractivity contribution >= 4 is 23.2 Å². The van der Waals surface area contributed by atoms with Gasteiger partial charge in [-0.1, -0.05) is 31.2 Å². The molecule has 0 bridgehead atoms. The predicted octanol–water partition coefficient (Wildman–Crippen LogP) is 3.39. The van der Waals surface area contributed by atoms with Crippen molar-refractivity contribution < 1.29 is 9.59 Å².